The summed E-state index contributed by atoms with van der Waals surface area (Å²) in [6, 6.07) is 16.1. The molecule has 0 atom stereocenters. The second-order valence-electron chi connectivity index (χ2n) is 7.90. The molecule has 0 aliphatic heterocycles. The van der Waals surface area contributed by atoms with Crippen molar-refractivity contribution in [2.24, 2.45) is 0 Å². The van der Waals surface area contributed by atoms with Gasteiger partial charge in [-0.25, -0.2) is 13.2 Å². The average Bonchev–Trinajstić information content (AvgIpc) is 3.23. The molecule has 4 aromatic rings. The van der Waals surface area contributed by atoms with Crippen LogP contribution in [0.2, 0.25) is 0 Å². The Kier molecular flexibility index (Phi) is 7.58. The lowest BCUT2D eigenvalue weighted by molar-refractivity contribution is 0.0692. The first-order valence-electron chi connectivity index (χ1n) is 11.0. The van der Waals surface area contributed by atoms with Gasteiger partial charge >= 0.3 is 5.97 Å². The van der Waals surface area contributed by atoms with Crippen molar-refractivity contribution in [2.45, 2.75) is 11.4 Å². The average molecular weight is 544 g/mol. The lowest BCUT2D eigenvalue weighted by Gasteiger charge is -2.18. The molecule has 9 nitrogen and oxygen atoms in total. The number of carboxylic acids is 1. The van der Waals surface area contributed by atoms with E-state index in [0.29, 0.717) is 39.0 Å². The van der Waals surface area contributed by atoms with E-state index < -0.39 is 16.0 Å². The maximum Gasteiger partial charge on any atom is 0.337 e. The molecule has 0 saturated heterocycles. The largest absolute Gasteiger partial charge is 0.497 e. The zero-order valence-corrected chi connectivity index (χ0v) is 22.2. The third-order valence-corrected chi connectivity index (χ3v) is 8.65. The minimum Gasteiger partial charge on any atom is -0.497 e. The molecule has 0 fully saturated rings. The normalized spacial score (nSPS) is 11.5. The van der Waals surface area contributed by atoms with Gasteiger partial charge in [0.25, 0.3) is 0 Å². The molecule has 0 aliphatic rings. The van der Waals surface area contributed by atoms with E-state index in [0.717, 1.165) is 9.01 Å². The molecule has 0 unspecified atom stereocenters. The Morgan fingerprint density at radius 2 is 1.54 bits per heavy atom. The number of hydrogen-bond acceptors (Lipinski definition) is 8. The molecule has 194 valence electrons. The maximum absolute atomic E-state index is 13.4. The molecule has 1 heterocycles. The zero-order chi connectivity index (χ0) is 26.7. The van der Waals surface area contributed by atoms with Crippen LogP contribution in [0.4, 0.5) is 0 Å². The number of nitrogens with zero attached hydrogens (tertiary/aromatic N) is 1. The number of carbonyl (C=O) groups is 1. The standard InChI is InChI=1S/C26H25NO8S2/c1-27(37(30,31)24-8-6-5-7-18(24)26(28)29)15-23-25(35-17-11-9-16(32-2)10-12-17)19-13-20(33-3)21(34-4)14-22(19)36-23/h5-14H,15H2,1-4H3,(H,28,29). The number of hydrogen-bond donors (Lipinski definition) is 1. The fourth-order valence-electron chi connectivity index (χ4n) is 3.75. The fourth-order valence-corrected chi connectivity index (χ4v) is 6.35. The summed E-state index contributed by atoms with van der Waals surface area (Å²) in [5.41, 5.74) is -0.296. The van der Waals surface area contributed by atoms with Crippen molar-refractivity contribution in [3.05, 3.63) is 71.1 Å². The quantitative estimate of drug-likeness (QED) is 0.289. The van der Waals surface area contributed by atoms with Crippen LogP contribution in [0.25, 0.3) is 10.1 Å². The molecule has 11 heteroatoms. The molecule has 1 aromatic heterocycles. The number of methoxy groups -OCH3 is 3. The molecule has 0 saturated carbocycles. The van der Waals surface area contributed by atoms with Gasteiger partial charge in [0.15, 0.2) is 17.2 Å². The second-order valence-corrected chi connectivity index (χ2v) is 11.0. The van der Waals surface area contributed by atoms with Crippen molar-refractivity contribution >= 4 is 37.4 Å². The first kappa shape index (κ1) is 26.3. The number of carboxylic acid groups (broad SMARTS) is 1. The molecule has 37 heavy (non-hydrogen) atoms. The highest BCUT2D eigenvalue weighted by Crippen LogP contribution is 2.45. The highest BCUT2D eigenvalue weighted by molar-refractivity contribution is 7.89. The van der Waals surface area contributed by atoms with E-state index in [2.05, 4.69) is 0 Å². The fraction of sp³-hybridized carbons (Fsp3) is 0.192. The van der Waals surface area contributed by atoms with E-state index in [1.165, 1.54) is 56.9 Å². The van der Waals surface area contributed by atoms with E-state index in [9.17, 15) is 18.3 Å². The topological polar surface area (TPSA) is 112 Å². The summed E-state index contributed by atoms with van der Waals surface area (Å²) in [7, 11) is 1.89. The first-order chi connectivity index (χ1) is 17.7. The number of ether oxygens (including phenoxy) is 4. The summed E-state index contributed by atoms with van der Waals surface area (Å²) in [5, 5.41) is 10.2. The van der Waals surface area contributed by atoms with Crippen molar-refractivity contribution in [3.63, 3.8) is 0 Å². The van der Waals surface area contributed by atoms with Gasteiger partial charge in [-0.3, -0.25) is 0 Å². The van der Waals surface area contributed by atoms with Crippen molar-refractivity contribution < 1.29 is 37.3 Å². The van der Waals surface area contributed by atoms with Crippen LogP contribution in [-0.4, -0.2) is 52.2 Å². The summed E-state index contributed by atoms with van der Waals surface area (Å²) >= 11 is 1.34. The molecule has 0 aliphatic carbocycles. The first-order valence-corrected chi connectivity index (χ1v) is 13.2. The van der Waals surface area contributed by atoms with Crippen molar-refractivity contribution in [1.82, 2.24) is 4.31 Å². The second kappa shape index (κ2) is 10.7. The summed E-state index contributed by atoms with van der Waals surface area (Å²) in [5.74, 6) is 1.35. The number of aromatic carboxylic acids is 1. The molecule has 4 rings (SSSR count). The highest BCUT2D eigenvalue weighted by Gasteiger charge is 2.28. The Labute approximate surface area is 218 Å². The van der Waals surface area contributed by atoms with Gasteiger partial charge < -0.3 is 24.1 Å². The number of sulfonamides is 1. The van der Waals surface area contributed by atoms with E-state index in [4.69, 9.17) is 18.9 Å². The van der Waals surface area contributed by atoms with Crippen LogP contribution in [0.3, 0.4) is 0 Å². The Balaban J connectivity index is 1.80. The zero-order valence-electron chi connectivity index (χ0n) is 20.5. The van der Waals surface area contributed by atoms with Crippen LogP contribution >= 0.6 is 11.3 Å². The SMILES string of the molecule is COc1ccc(Oc2c(CN(C)S(=O)(=O)c3ccccc3C(=O)O)sc3cc(OC)c(OC)cc23)cc1. The molecule has 0 spiro atoms. The molecule has 1 N–H and O–H groups in total. The van der Waals surface area contributed by atoms with Crippen molar-refractivity contribution in [3.8, 4) is 28.7 Å². The lowest BCUT2D eigenvalue weighted by Crippen LogP contribution is -2.27. The summed E-state index contributed by atoms with van der Waals surface area (Å²) in [6.07, 6.45) is 0. The monoisotopic (exact) mass is 543 g/mol. The van der Waals surface area contributed by atoms with Gasteiger partial charge in [0.1, 0.15) is 11.5 Å². The van der Waals surface area contributed by atoms with Crippen molar-refractivity contribution in [1.29, 1.82) is 0 Å². The van der Waals surface area contributed by atoms with Gasteiger partial charge in [0.2, 0.25) is 10.0 Å². The maximum atomic E-state index is 13.4. The molecular formula is C26H25NO8S2. The predicted molar refractivity (Wildman–Crippen MR) is 140 cm³/mol. The molecular weight excluding hydrogens is 518 g/mol. The summed E-state index contributed by atoms with van der Waals surface area (Å²) in [4.78, 5) is 12.0. The Bertz CT molecular complexity index is 1550. The lowest BCUT2D eigenvalue weighted by atomic mass is 10.2. The van der Waals surface area contributed by atoms with Gasteiger partial charge in [-0.05, 0) is 42.5 Å². The number of rotatable bonds is 10. The van der Waals surface area contributed by atoms with E-state index >= 15 is 0 Å². The Hall–Kier alpha value is -3.80. The minimum absolute atomic E-state index is 0.0637. The molecule has 0 amide bonds. The van der Waals surface area contributed by atoms with Crippen LogP contribution in [-0.2, 0) is 16.6 Å². The van der Waals surface area contributed by atoms with Crippen LogP contribution in [0.5, 0.6) is 28.7 Å². The van der Waals surface area contributed by atoms with Gasteiger partial charge in [-0.2, -0.15) is 4.31 Å². The third kappa shape index (κ3) is 5.19. The predicted octanol–water partition coefficient (Wildman–Crippen LogP) is 5.24. The third-order valence-electron chi connectivity index (χ3n) is 5.67. The Morgan fingerprint density at radius 1 is 0.919 bits per heavy atom. The van der Waals surface area contributed by atoms with Gasteiger partial charge in [-0.15, -0.1) is 11.3 Å². The van der Waals surface area contributed by atoms with Crippen LogP contribution in [0.15, 0.2) is 65.6 Å². The number of thiophene rings is 1. The molecule has 0 bridgehead atoms. The van der Waals surface area contributed by atoms with Gasteiger partial charge in [-0.1, -0.05) is 12.1 Å². The highest BCUT2D eigenvalue weighted by atomic mass is 32.2. The van der Waals surface area contributed by atoms with Crippen LogP contribution in [0, 0.1) is 0 Å². The van der Waals surface area contributed by atoms with Crippen LogP contribution < -0.4 is 18.9 Å². The van der Waals surface area contributed by atoms with E-state index in [1.54, 1.807) is 43.5 Å². The van der Waals surface area contributed by atoms with E-state index in [-0.39, 0.29) is 17.0 Å². The summed E-state index contributed by atoms with van der Waals surface area (Å²) in [6.45, 7) is -0.0637. The van der Waals surface area contributed by atoms with Crippen molar-refractivity contribution in [2.75, 3.05) is 28.4 Å². The molecule has 0 radical (unpaired) electrons. The van der Waals surface area contributed by atoms with Gasteiger partial charge in [0.05, 0.1) is 43.2 Å². The molecule has 3 aromatic carbocycles. The number of benzene rings is 3. The van der Waals surface area contributed by atoms with Gasteiger partial charge in [0, 0.05) is 23.2 Å². The van der Waals surface area contributed by atoms with E-state index in [1.807, 2.05) is 0 Å². The minimum atomic E-state index is -4.14. The Morgan fingerprint density at radius 3 is 2.16 bits per heavy atom. The number of fused-ring (bicyclic) bond motifs is 1. The smallest absolute Gasteiger partial charge is 0.337 e. The van der Waals surface area contributed by atoms with Crippen LogP contribution in [0.1, 0.15) is 15.2 Å². The summed E-state index contributed by atoms with van der Waals surface area (Å²) < 4.78 is 51.1.